The number of nitrogens with one attached hydrogen (secondary N) is 2. The van der Waals surface area contributed by atoms with E-state index in [1.54, 1.807) is 12.4 Å². The first kappa shape index (κ1) is 12.1. The molecule has 0 spiro atoms. The molecule has 0 aromatic carbocycles. The summed E-state index contributed by atoms with van der Waals surface area (Å²) in [6.45, 7) is 4.69. The molecule has 1 saturated carbocycles. The van der Waals surface area contributed by atoms with Crippen LogP contribution in [0.5, 0.6) is 0 Å². The zero-order valence-corrected chi connectivity index (χ0v) is 11.0. The third kappa shape index (κ3) is 3.32. The predicted molar refractivity (Wildman–Crippen MR) is 71.2 cm³/mol. The maximum atomic E-state index is 4.45. The average Bonchev–Trinajstić information content (AvgIpc) is 2.28. The van der Waals surface area contributed by atoms with E-state index in [0.717, 1.165) is 11.6 Å². The topological polar surface area (TPSA) is 49.8 Å². The van der Waals surface area contributed by atoms with Crippen molar-refractivity contribution in [3.05, 3.63) is 12.4 Å². The van der Waals surface area contributed by atoms with E-state index in [1.807, 2.05) is 7.05 Å². The molecule has 0 aliphatic heterocycles. The van der Waals surface area contributed by atoms with E-state index in [2.05, 4.69) is 34.4 Å². The summed E-state index contributed by atoms with van der Waals surface area (Å²) in [7, 11) is 1.86. The van der Waals surface area contributed by atoms with Crippen LogP contribution in [0.25, 0.3) is 0 Å². The molecule has 1 aromatic rings. The Kier molecular flexibility index (Phi) is 3.50. The first-order valence-corrected chi connectivity index (χ1v) is 6.35. The van der Waals surface area contributed by atoms with Gasteiger partial charge in [-0.05, 0) is 24.7 Å². The molecule has 4 nitrogen and oxygen atoms in total. The van der Waals surface area contributed by atoms with E-state index in [1.165, 1.54) is 25.7 Å². The van der Waals surface area contributed by atoms with Gasteiger partial charge in [0.15, 0.2) is 0 Å². The minimum atomic E-state index is 0.448. The monoisotopic (exact) mass is 234 g/mol. The van der Waals surface area contributed by atoms with E-state index < -0.39 is 0 Å². The summed E-state index contributed by atoms with van der Waals surface area (Å²) in [6.07, 6.45) is 8.59. The molecule has 17 heavy (non-hydrogen) atoms. The van der Waals surface area contributed by atoms with Gasteiger partial charge in [0.05, 0.1) is 12.4 Å². The van der Waals surface area contributed by atoms with Crippen molar-refractivity contribution < 1.29 is 0 Å². The Morgan fingerprint density at radius 3 is 2.76 bits per heavy atom. The van der Waals surface area contributed by atoms with Crippen LogP contribution in [-0.2, 0) is 0 Å². The minimum Gasteiger partial charge on any atom is -0.372 e. The smallest absolute Gasteiger partial charge is 0.147 e. The Morgan fingerprint density at radius 2 is 2.06 bits per heavy atom. The Hall–Kier alpha value is -1.32. The summed E-state index contributed by atoms with van der Waals surface area (Å²) >= 11 is 0. The summed E-state index contributed by atoms with van der Waals surface area (Å²) in [5.74, 6) is 1.68. The van der Waals surface area contributed by atoms with Gasteiger partial charge in [-0.15, -0.1) is 0 Å². The molecular formula is C13H22N4. The summed E-state index contributed by atoms with van der Waals surface area (Å²) in [6, 6.07) is 0.528. The highest BCUT2D eigenvalue weighted by Crippen LogP contribution is 2.36. The Balaban J connectivity index is 2.00. The molecule has 1 aromatic heterocycles. The largest absolute Gasteiger partial charge is 0.372 e. The van der Waals surface area contributed by atoms with Crippen molar-refractivity contribution in [3.8, 4) is 0 Å². The standard InChI is InChI=1S/C13H22N4/c1-13(2)6-4-5-10(7-13)16-12-9-15-8-11(14-3)17-12/h8-10H,4-7H2,1-3H3,(H2,14,16,17). The lowest BCUT2D eigenvalue weighted by Gasteiger charge is -2.35. The van der Waals surface area contributed by atoms with E-state index in [0.29, 0.717) is 11.5 Å². The highest BCUT2D eigenvalue weighted by molar-refractivity contribution is 5.41. The van der Waals surface area contributed by atoms with Gasteiger partial charge in [0.1, 0.15) is 11.6 Å². The number of nitrogens with zero attached hydrogens (tertiary/aromatic N) is 2. The molecule has 1 atom stereocenters. The van der Waals surface area contributed by atoms with Crippen LogP contribution in [0.4, 0.5) is 11.6 Å². The van der Waals surface area contributed by atoms with Crippen LogP contribution in [-0.4, -0.2) is 23.1 Å². The minimum absolute atomic E-state index is 0.448. The molecular weight excluding hydrogens is 212 g/mol. The van der Waals surface area contributed by atoms with E-state index in [-0.39, 0.29) is 0 Å². The lowest BCUT2D eigenvalue weighted by atomic mass is 9.75. The molecule has 1 fully saturated rings. The van der Waals surface area contributed by atoms with Crippen molar-refractivity contribution in [1.29, 1.82) is 0 Å². The number of anilines is 2. The van der Waals surface area contributed by atoms with Crippen molar-refractivity contribution in [3.63, 3.8) is 0 Å². The molecule has 1 heterocycles. The van der Waals surface area contributed by atoms with Gasteiger partial charge in [0.25, 0.3) is 0 Å². The van der Waals surface area contributed by atoms with Crippen LogP contribution in [0.15, 0.2) is 12.4 Å². The van der Waals surface area contributed by atoms with Crippen LogP contribution in [0.1, 0.15) is 39.5 Å². The molecule has 0 radical (unpaired) electrons. The Bertz CT molecular complexity index is 375. The van der Waals surface area contributed by atoms with Gasteiger partial charge in [0, 0.05) is 13.1 Å². The number of rotatable bonds is 3. The first-order chi connectivity index (χ1) is 8.09. The molecule has 1 unspecified atom stereocenters. The summed E-state index contributed by atoms with van der Waals surface area (Å²) in [5, 5.41) is 6.50. The zero-order chi connectivity index (χ0) is 12.3. The van der Waals surface area contributed by atoms with Crippen LogP contribution < -0.4 is 10.6 Å². The van der Waals surface area contributed by atoms with Crippen molar-refractivity contribution >= 4 is 11.6 Å². The molecule has 2 rings (SSSR count). The van der Waals surface area contributed by atoms with Crippen LogP contribution >= 0.6 is 0 Å². The Morgan fingerprint density at radius 1 is 1.29 bits per heavy atom. The van der Waals surface area contributed by atoms with E-state index in [9.17, 15) is 0 Å². The fourth-order valence-electron chi connectivity index (χ4n) is 2.59. The number of hydrogen-bond acceptors (Lipinski definition) is 4. The molecule has 0 amide bonds. The van der Waals surface area contributed by atoms with Crippen LogP contribution in [0.3, 0.4) is 0 Å². The van der Waals surface area contributed by atoms with Gasteiger partial charge < -0.3 is 10.6 Å². The molecule has 0 bridgehead atoms. The third-order valence-electron chi connectivity index (χ3n) is 3.45. The van der Waals surface area contributed by atoms with Gasteiger partial charge in [-0.2, -0.15) is 0 Å². The second kappa shape index (κ2) is 4.90. The van der Waals surface area contributed by atoms with Gasteiger partial charge in [0.2, 0.25) is 0 Å². The van der Waals surface area contributed by atoms with Crippen molar-refractivity contribution in [2.24, 2.45) is 5.41 Å². The van der Waals surface area contributed by atoms with Crippen LogP contribution in [0.2, 0.25) is 0 Å². The summed E-state index contributed by atoms with van der Waals surface area (Å²) in [5.41, 5.74) is 0.448. The highest BCUT2D eigenvalue weighted by Gasteiger charge is 2.27. The lowest BCUT2D eigenvalue weighted by Crippen LogP contribution is -2.32. The average molecular weight is 234 g/mol. The maximum absolute atomic E-state index is 4.45. The zero-order valence-electron chi connectivity index (χ0n) is 11.0. The highest BCUT2D eigenvalue weighted by atomic mass is 15.1. The van der Waals surface area contributed by atoms with Gasteiger partial charge in [-0.3, -0.25) is 4.98 Å². The maximum Gasteiger partial charge on any atom is 0.147 e. The second-order valence-corrected chi connectivity index (χ2v) is 5.64. The van der Waals surface area contributed by atoms with Gasteiger partial charge in [-0.25, -0.2) is 4.98 Å². The number of hydrogen-bond donors (Lipinski definition) is 2. The fourth-order valence-corrected chi connectivity index (χ4v) is 2.59. The second-order valence-electron chi connectivity index (χ2n) is 5.64. The van der Waals surface area contributed by atoms with Gasteiger partial charge in [-0.1, -0.05) is 20.3 Å². The third-order valence-corrected chi connectivity index (χ3v) is 3.45. The fraction of sp³-hybridized carbons (Fsp3) is 0.692. The molecule has 1 aliphatic rings. The normalized spacial score (nSPS) is 23.1. The SMILES string of the molecule is CNc1cncc(NC2CCCC(C)(C)C2)n1. The van der Waals surface area contributed by atoms with Crippen molar-refractivity contribution in [2.45, 2.75) is 45.6 Å². The van der Waals surface area contributed by atoms with Crippen LogP contribution in [0, 0.1) is 5.41 Å². The molecule has 2 N–H and O–H groups in total. The molecule has 94 valence electrons. The van der Waals surface area contributed by atoms with Gasteiger partial charge >= 0.3 is 0 Å². The number of aromatic nitrogens is 2. The van der Waals surface area contributed by atoms with Crippen molar-refractivity contribution in [2.75, 3.05) is 17.7 Å². The van der Waals surface area contributed by atoms with Crippen molar-refractivity contribution in [1.82, 2.24) is 9.97 Å². The Labute approximate surface area is 103 Å². The lowest BCUT2D eigenvalue weighted by molar-refractivity contribution is 0.229. The van der Waals surface area contributed by atoms with E-state index in [4.69, 9.17) is 0 Å². The molecule has 0 saturated heterocycles. The quantitative estimate of drug-likeness (QED) is 0.844. The first-order valence-electron chi connectivity index (χ1n) is 6.35. The molecule has 4 heteroatoms. The molecule has 1 aliphatic carbocycles. The summed E-state index contributed by atoms with van der Waals surface area (Å²) in [4.78, 5) is 8.62. The van der Waals surface area contributed by atoms with E-state index >= 15 is 0 Å². The summed E-state index contributed by atoms with van der Waals surface area (Å²) < 4.78 is 0. The predicted octanol–water partition coefficient (Wildman–Crippen LogP) is 2.90.